The molecule has 0 aliphatic carbocycles. The molecule has 144 valence electrons. The fraction of sp³-hybridized carbons (Fsp3) is 0.304. The number of carbonyl (C=O) groups is 1. The molecule has 0 aliphatic heterocycles. The highest BCUT2D eigenvalue weighted by molar-refractivity contribution is 5.96. The molecule has 1 rings (SSSR count). The van der Waals surface area contributed by atoms with Crippen LogP contribution in [-0.2, 0) is 4.79 Å². The first-order valence-corrected chi connectivity index (χ1v) is 9.41. The predicted molar refractivity (Wildman–Crippen MR) is 116 cm³/mol. The van der Waals surface area contributed by atoms with Crippen LogP contribution in [-0.4, -0.2) is 31.4 Å². The summed E-state index contributed by atoms with van der Waals surface area (Å²) in [5.74, 6) is 0.956. The number of hydrogen-bond donors (Lipinski definition) is 2. The Kier molecular flexibility index (Phi) is 10.9. The Bertz CT molecular complexity index is 700. The molecule has 0 fully saturated rings. The maximum absolute atomic E-state index is 12.3. The third-order valence-electron chi connectivity index (χ3n) is 3.83. The first-order chi connectivity index (χ1) is 13.1. The van der Waals surface area contributed by atoms with Gasteiger partial charge in [0.25, 0.3) is 5.91 Å². The molecule has 27 heavy (non-hydrogen) atoms. The lowest BCUT2D eigenvalue weighted by Crippen LogP contribution is -2.25. The topological polar surface area (TPSA) is 53.5 Å². The molecular formula is C23H31N3O. The van der Waals surface area contributed by atoms with Crippen molar-refractivity contribution in [2.75, 3.05) is 19.6 Å². The van der Waals surface area contributed by atoms with Gasteiger partial charge in [0.2, 0.25) is 0 Å². The maximum atomic E-state index is 12.3. The zero-order valence-corrected chi connectivity index (χ0v) is 16.6. The molecule has 0 spiro atoms. The highest BCUT2D eigenvalue weighted by Gasteiger charge is 2.03. The third-order valence-corrected chi connectivity index (χ3v) is 3.83. The average molecular weight is 366 g/mol. The van der Waals surface area contributed by atoms with E-state index < -0.39 is 0 Å². The zero-order chi connectivity index (χ0) is 19.9. The van der Waals surface area contributed by atoms with Gasteiger partial charge in [-0.25, -0.2) is 0 Å². The van der Waals surface area contributed by atoms with Gasteiger partial charge < -0.3 is 10.6 Å². The standard InChI is InChI=1S/C23H31N3O/c1-5-20(16-11-13-19(4)21-14-9-8-10-15-21)23(27)26-18-12-17-22(24-6-2)25-7-3/h5,8-17,19H,1,6-7,18H2,2-4H3,(H,24,25)(H,26,27)/b13-11+,17-12-,20-16+. The Hall–Kier alpha value is -2.88. The lowest BCUT2D eigenvalue weighted by atomic mass is 10.0. The molecule has 0 saturated heterocycles. The van der Waals surface area contributed by atoms with E-state index in [1.54, 1.807) is 12.2 Å². The summed E-state index contributed by atoms with van der Waals surface area (Å²) in [5.41, 5.74) is 1.77. The number of aliphatic imine (C=N–C) groups is 1. The molecule has 1 unspecified atom stereocenters. The molecule has 2 N–H and O–H groups in total. The van der Waals surface area contributed by atoms with Crippen molar-refractivity contribution in [3.05, 3.63) is 84.5 Å². The summed E-state index contributed by atoms with van der Waals surface area (Å²) < 4.78 is 0. The summed E-state index contributed by atoms with van der Waals surface area (Å²) in [6, 6.07) is 10.2. The van der Waals surface area contributed by atoms with Crippen LogP contribution in [0.3, 0.4) is 0 Å². The quantitative estimate of drug-likeness (QED) is 0.283. The van der Waals surface area contributed by atoms with Gasteiger partial charge in [0.1, 0.15) is 5.84 Å². The summed E-state index contributed by atoms with van der Waals surface area (Å²) >= 11 is 0. The van der Waals surface area contributed by atoms with Crippen LogP contribution in [0.15, 0.2) is 83.9 Å². The van der Waals surface area contributed by atoms with Crippen molar-refractivity contribution in [2.24, 2.45) is 4.99 Å². The van der Waals surface area contributed by atoms with Crippen molar-refractivity contribution < 1.29 is 4.79 Å². The highest BCUT2D eigenvalue weighted by Crippen LogP contribution is 2.15. The van der Waals surface area contributed by atoms with E-state index in [0.29, 0.717) is 12.1 Å². The van der Waals surface area contributed by atoms with E-state index in [9.17, 15) is 4.79 Å². The summed E-state index contributed by atoms with van der Waals surface area (Å²) in [7, 11) is 0. The summed E-state index contributed by atoms with van der Waals surface area (Å²) in [5, 5.41) is 6.03. The molecule has 1 aromatic carbocycles. The summed E-state index contributed by atoms with van der Waals surface area (Å²) in [6.45, 7) is 11.8. The summed E-state index contributed by atoms with van der Waals surface area (Å²) in [4.78, 5) is 16.6. The number of nitrogens with one attached hydrogen (secondary N) is 2. The molecule has 0 aromatic heterocycles. The van der Waals surface area contributed by atoms with Crippen molar-refractivity contribution in [1.82, 2.24) is 10.6 Å². The van der Waals surface area contributed by atoms with Gasteiger partial charge in [-0.1, -0.05) is 68.1 Å². The van der Waals surface area contributed by atoms with Crippen molar-refractivity contribution >= 4 is 11.7 Å². The molecular weight excluding hydrogens is 334 g/mol. The lowest BCUT2D eigenvalue weighted by molar-refractivity contribution is -0.116. The van der Waals surface area contributed by atoms with Gasteiger partial charge in [0, 0.05) is 25.2 Å². The Morgan fingerprint density at radius 1 is 1.22 bits per heavy atom. The Balaban J connectivity index is 2.58. The SMILES string of the molecule is C=C/C(=C\C=C\C(C)c1ccccc1)C(=O)NC/C=C\C(=NCC)NCC. The zero-order valence-electron chi connectivity index (χ0n) is 16.6. The van der Waals surface area contributed by atoms with E-state index in [1.807, 2.05) is 50.3 Å². The van der Waals surface area contributed by atoms with E-state index in [1.165, 1.54) is 5.56 Å². The van der Waals surface area contributed by atoms with E-state index in [0.717, 1.165) is 18.9 Å². The van der Waals surface area contributed by atoms with Crippen LogP contribution in [0.4, 0.5) is 0 Å². The number of amidine groups is 1. The average Bonchev–Trinajstić information content (AvgIpc) is 2.69. The molecule has 0 heterocycles. The van der Waals surface area contributed by atoms with Crippen LogP contribution in [0, 0.1) is 0 Å². The Labute approximate surface area is 163 Å². The second kappa shape index (κ2) is 13.3. The molecule has 0 bridgehead atoms. The number of nitrogens with zero attached hydrogens (tertiary/aromatic N) is 1. The van der Waals surface area contributed by atoms with E-state index in [4.69, 9.17) is 0 Å². The molecule has 1 atom stereocenters. The van der Waals surface area contributed by atoms with Crippen LogP contribution in [0.25, 0.3) is 0 Å². The number of likely N-dealkylation sites (N-methyl/N-ethyl adjacent to an activating group) is 1. The van der Waals surface area contributed by atoms with E-state index >= 15 is 0 Å². The number of hydrogen-bond acceptors (Lipinski definition) is 2. The first-order valence-electron chi connectivity index (χ1n) is 9.41. The Morgan fingerprint density at radius 3 is 2.59 bits per heavy atom. The maximum Gasteiger partial charge on any atom is 0.251 e. The summed E-state index contributed by atoms with van der Waals surface area (Å²) in [6.07, 6.45) is 11.1. The van der Waals surface area contributed by atoms with Crippen molar-refractivity contribution in [3.63, 3.8) is 0 Å². The molecule has 1 aromatic rings. The van der Waals surface area contributed by atoms with Crippen LogP contribution in [0.5, 0.6) is 0 Å². The molecule has 1 amide bonds. The van der Waals surface area contributed by atoms with Gasteiger partial charge in [-0.2, -0.15) is 0 Å². The monoisotopic (exact) mass is 365 g/mol. The van der Waals surface area contributed by atoms with Crippen LogP contribution in [0.2, 0.25) is 0 Å². The minimum Gasteiger partial charge on any atom is -0.371 e. The Morgan fingerprint density at radius 2 is 1.96 bits per heavy atom. The van der Waals surface area contributed by atoms with E-state index in [2.05, 4.69) is 47.3 Å². The van der Waals surface area contributed by atoms with Crippen molar-refractivity contribution in [2.45, 2.75) is 26.7 Å². The second-order valence-electron chi connectivity index (χ2n) is 5.91. The van der Waals surface area contributed by atoms with Gasteiger partial charge in [-0.15, -0.1) is 0 Å². The van der Waals surface area contributed by atoms with Gasteiger partial charge in [-0.3, -0.25) is 9.79 Å². The van der Waals surface area contributed by atoms with Gasteiger partial charge >= 0.3 is 0 Å². The smallest absolute Gasteiger partial charge is 0.251 e. The normalized spacial score (nSPS) is 13.7. The van der Waals surface area contributed by atoms with Crippen LogP contribution >= 0.6 is 0 Å². The van der Waals surface area contributed by atoms with Gasteiger partial charge in [0.05, 0.1) is 0 Å². The molecule has 0 aliphatic rings. The van der Waals surface area contributed by atoms with Crippen LogP contribution in [0.1, 0.15) is 32.3 Å². The fourth-order valence-corrected chi connectivity index (χ4v) is 2.37. The molecule has 0 saturated carbocycles. The number of allylic oxidation sites excluding steroid dienone is 3. The first kappa shape index (κ1) is 22.2. The van der Waals surface area contributed by atoms with Gasteiger partial charge in [-0.05, 0) is 37.5 Å². The predicted octanol–water partition coefficient (Wildman–Crippen LogP) is 4.16. The second-order valence-corrected chi connectivity index (χ2v) is 5.91. The van der Waals surface area contributed by atoms with E-state index in [-0.39, 0.29) is 11.8 Å². The highest BCUT2D eigenvalue weighted by atomic mass is 16.1. The molecule has 0 radical (unpaired) electrons. The van der Waals surface area contributed by atoms with Crippen molar-refractivity contribution in [3.8, 4) is 0 Å². The number of rotatable bonds is 10. The lowest BCUT2D eigenvalue weighted by Gasteiger charge is -2.06. The number of amides is 1. The molecule has 4 nitrogen and oxygen atoms in total. The largest absolute Gasteiger partial charge is 0.371 e. The third kappa shape index (κ3) is 8.86. The number of benzene rings is 1. The van der Waals surface area contributed by atoms with Crippen molar-refractivity contribution in [1.29, 1.82) is 0 Å². The minimum absolute atomic E-state index is 0.149. The minimum atomic E-state index is -0.149. The number of carbonyl (C=O) groups excluding carboxylic acids is 1. The fourth-order valence-electron chi connectivity index (χ4n) is 2.37. The van der Waals surface area contributed by atoms with Gasteiger partial charge in [0.15, 0.2) is 0 Å². The van der Waals surface area contributed by atoms with Crippen LogP contribution < -0.4 is 10.6 Å². The molecule has 4 heteroatoms.